The second-order valence-electron chi connectivity index (χ2n) is 6.11. The fourth-order valence-corrected chi connectivity index (χ4v) is 3.10. The van der Waals surface area contributed by atoms with Crippen molar-refractivity contribution in [1.82, 2.24) is 19.6 Å². The molecule has 0 saturated carbocycles. The number of rotatable bonds is 3. The summed E-state index contributed by atoms with van der Waals surface area (Å²) in [6.07, 6.45) is 0. The van der Waals surface area contributed by atoms with Crippen molar-refractivity contribution in [2.75, 3.05) is 26.2 Å². The molecule has 1 saturated heterocycles. The van der Waals surface area contributed by atoms with Crippen LogP contribution in [0.15, 0.2) is 45.7 Å². The molecule has 1 aromatic heterocycles. The van der Waals surface area contributed by atoms with E-state index in [1.165, 1.54) is 17.7 Å². The van der Waals surface area contributed by atoms with E-state index in [4.69, 9.17) is 0 Å². The molecule has 1 aliphatic rings. The van der Waals surface area contributed by atoms with E-state index in [9.17, 15) is 14.4 Å². The summed E-state index contributed by atoms with van der Waals surface area (Å²) in [7, 11) is 0. The van der Waals surface area contributed by atoms with Crippen LogP contribution in [0.25, 0.3) is 11.3 Å². The minimum atomic E-state index is -0.318. The van der Waals surface area contributed by atoms with Crippen LogP contribution in [-0.2, 0) is 16.1 Å². The van der Waals surface area contributed by atoms with Crippen LogP contribution in [-0.4, -0.2) is 57.6 Å². The van der Waals surface area contributed by atoms with Gasteiger partial charge < -0.3 is 9.80 Å². The second kappa shape index (κ2) is 7.82. The van der Waals surface area contributed by atoms with E-state index in [0.29, 0.717) is 31.9 Å². The summed E-state index contributed by atoms with van der Waals surface area (Å²) < 4.78 is 2.14. The van der Waals surface area contributed by atoms with Gasteiger partial charge in [-0.3, -0.25) is 14.4 Å². The molecule has 0 N–H and O–H groups in total. The summed E-state index contributed by atoms with van der Waals surface area (Å²) in [5.41, 5.74) is 1.18. The highest BCUT2D eigenvalue weighted by Gasteiger charge is 2.23. The van der Waals surface area contributed by atoms with Crippen molar-refractivity contribution in [2.24, 2.45) is 0 Å². The fraction of sp³-hybridized carbons (Fsp3) is 0.333. The van der Waals surface area contributed by atoms with E-state index >= 15 is 0 Å². The lowest BCUT2D eigenvalue weighted by atomic mass is 10.1. The first kappa shape index (κ1) is 18.3. The molecule has 0 radical (unpaired) electrons. The molecule has 8 heteroatoms. The molecule has 0 atom stereocenters. The van der Waals surface area contributed by atoms with Gasteiger partial charge in [-0.25, -0.2) is 4.68 Å². The van der Waals surface area contributed by atoms with Gasteiger partial charge in [0.15, 0.2) is 0 Å². The summed E-state index contributed by atoms with van der Waals surface area (Å²) in [5.74, 6) is -0.159. The molecule has 1 aromatic carbocycles. The van der Waals surface area contributed by atoms with Crippen LogP contribution in [0.4, 0.5) is 0 Å². The average Bonchev–Trinajstić information content (AvgIpc) is 2.64. The Bertz CT molecular complexity index is 871. The number of carbonyl (C=O) groups excluding carboxylic acids is 2. The Labute approximate surface area is 159 Å². The molecule has 2 amide bonds. The summed E-state index contributed by atoms with van der Waals surface area (Å²) in [6.45, 7) is 3.39. The topological polar surface area (TPSA) is 75.5 Å². The largest absolute Gasteiger partial charge is 0.339 e. The number of hydrogen-bond acceptors (Lipinski definition) is 4. The average molecular weight is 419 g/mol. The molecule has 26 heavy (non-hydrogen) atoms. The van der Waals surface area contributed by atoms with Gasteiger partial charge >= 0.3 is 0 Å². The lowest BCUT2D eigenvalue weighted by Gasteiger charge is -2.34. The van der Waals surface area contributed by atoms with Crippen LogP contribution in [0.2, 0.25) is 0 Å². The zero-order chi connectivity index (χ0) is 18.7. The second-order valence-corrected chi connectivity index (χ2v) is 7.02. The first-order chi connectivity index (χ1) is 12.4. The third-order valence-electron chi connectivity index (χ3n) is 4.37. The Morgan fingerprint density at radius 1 is 1.00 bits per heavy atom. The number of hydrogen-bond donors (Lipinski definition) is 0. The summed E-state index contributed by atoms with van der Waals surface area (Å²) in [4.78, 5) is 39.3. The van der Waals surface area contributed by atoms with Crippen LogP contribution in [0.1, 0.15) is 6.92 Å². The lowest BCUT2D eigenvalue weighted by molar-refractivity contribution is -0.139. The zero-order valence-corrected chi connectivity index (χ0v) is 16.0. The maximum atomic E-state index is 12.5. The van der Waals surface area contributed by atoms with Crippen LogP contribution < -0.4 is 5.56 Å². The Morgan fingerprint density at radius 3 is 2.23 bits per heavy atom. The molecule has 136 valence electrons. The Morgan fingerprint density at radius 2 is 1.62 bits per heavy atom. The third kappa shape index (κ3) is 4.19. The van der Waals surface area contributed by atoms with Crippen LogP contribution in [0.3, 0.4) is 0 Å². The molecule has 0 spiro atoms. The quantitative estimate of drug-likeness (QED) is 0.753. The van der Waals surface area contributed by atoms with E-state index in [1.807, 2.05) is 24.3 Å². The maximum absolute atomic E-state index is 12.5. The third-order valence-corrected chi connectivity index (χ3v) is 4.90. The first-order valence-corrected chi connectivity index (χ1v) is 9.11. The fourth-order valence-electron chi connectivity index (χ4n) is 2.84. The Balaban J connectivity index is 1.72. The standard InChI is InChI=1S/C18H19BrN4O3/c1-13(24)21-8-10-22(11-9-21)18(26)12-23-17(25)7-6-16(20-23)14-2-4-15(19)5-3-14/h2-7H,8-12H2,1H3. The van der Waals surface area contributed by atoms with Crippen molar-refractivity contribution < 1.29 is 9.59 Å². The molecular weight excluding hydrogens is 400 g/mol. The van der Waals surface area contributed by atoms with Gasteiger partial charge in [-0.2, -0.15) is 5.10 Å². The first-order valence-electron chi connectivity index (χ1n) is 8.31. The number of halogens is 1. The summed E-state index contributed by atoms with van der Waals surface area (Å²) >= 11 is 3.38. The van der Waals surface area contributed by atoms with Gasteiger partial charge in [-0.05, 0) is 18.2 Å². The van der Waals surface area contributed by atoms with E-state index in [2.05, 4.69) is 21.0 Å². The van der Waals surface area contributed by atoms with Crippen molar-refractivity contribution in [3.8, 4) is 11.3 Å². The van der Waals surface area contributed by atoms with Gasteiger partial charge in [-0.15, -0.1) is 0 Å². The monoisotopic (exact) mass is 418 g/mol. The number of aromatic nitrogens is 2. The molecule has 0 unspecified atom stereocenters. The molecular formula is C18H19BrN4O3. The molecule has 1 fully saturated rings. The van der Waals surface area contributed by atoms with E-state index < -0.39 is 0 Å². The lowest BCUT2D eigenvalue weighted by Crippen LogP contribution is -2.51. The molecule has 0 aliphatic carbocycles. The van der Waals surface area contributed by atoms with Gasteiger partial charge in [-0.1, -0.05) is 28.1 Å². The minimum Gasteiger partial charge on any atom is -0.339 e. The smallest absolute Gasteiger partial charge is 0.267 e. The van der Waals surface area contributed by atoms with Gasteiger partial charge in [0.2, 0.25) is 11.8 Å². The number of amides is 2. The molecule has 7 nitrogen and oxygen atoms in total. The van der Waals surface area contributed by atoms with Gasteiger partial charge in [0.05, 0.1) is 5.69 Å². The van der Waals surface area contributed by atoms with Gasteiger partial charge in [0, 0.05) is 49.2 Å². The van der Waals surface area contributed by atoms with Crippen molar-refractivity contribution in [1.29, 1.82) is 0 Å². The van der Waals surface area contributed by atoms with E-state index in [-0.39, 0.29) is 23.9 Å². The zero-order valence-electron chi connectivity index (χ0n) is 14.4. The number of benzene rings is 1. The maximum Gasteiger partial charge on any atom is 0.267 e. The minimum absolute atomic E-state index is 0.0113. The number of piperazine rings is 1. The highest BCUT2D eigenvalue weighted by atomic mass is 79.9. The highest BCUT2D eigenvalue weighted by Crippen LogP contribution is 2.18. The van der Waals surface area contributed by atoms with Gasteiger partial charge in [0.1, 0.15) is 6.54 Å². The predicted molar refractivity (Wildman–Crippen MR) is 100 cm³/mol. The summed E-state index contributed by atoms with van der Waals surface area (Å²) in [5, 5.41) is 4.33. The normalized spacial score (nSPS) is 14.4. The number of nitrogens with zero attached hydrogens (tertiary/aromatic N) is 4. The van der Waals surface area contributed by atoms with Crippen molar-refractivity contribution in [3.63, 3.8) is 0 Å². The molecule has 1 aliphatic heterocycles. The van der Waals surface area contributed by atoms with E-state index in [0.717, 1.165) is 10.0 Å². The van der Waals surface area contributed by atoms with Crippen molar-refractivity contribution in [2.45, 2.75) is 13.5 Å². The SMILES string of the molecule is CC(=O)N1CCN(C(=O)Cn2nc(-c3ccc(Br)cc3)ccc2=O)CC1. The van der Waals surface area contributed by atoms with E-state index in [1.54, 1.807) is 15.9 Å². The number of carbonyl (C=O) groups is 2. The summed E-state index contributed by atoms with van der Waals surface area (Å²) in [6, 6.07) is 10.6. The highest BCUT2D eigenvalue weighted by molar-refractivity contribution is 9.10. The predicted octanol–water partition coefficient (Wildman–Crippen LogP) is 1.36. The molecule has 2 aromatic rings. The van der Waals surface area contributed by atoms with Crippen LogP contribution >= 0.6 is 15.9 Å². The van der Waals surface area contributed by atoms with Crippen molar-refractivity contribution in [3.05, 3.63) is 51.2 Å². The van der Waals surface area contributed by atoms with Crippen molar-refractivity contribution >= 4 is 27.7 Å². The molecule has 2 heterocycles. The molecule has 0 bridgehead atoms. The Kier molecular flexibility index (Phi) is 5.51. The van der Waals surface area contributed by atoms with Crippen LogP contribution in [0, 0.1) is 0 Å². The van der Waals surface area contributed by atoms with Gasteiger partial charge in [0.25, 0.3) is 5.56 Å². The molecule has 3 rings (SSSR count). The Hall–Kier alpha value is -2.48. The van der Waals surface area contributed by atoms with Crippen LogP contribution in [0.5, 0.6) is 0 Å².